The highest BCUT2D eigenvalue weighted by molar-refractivity contribution is 5.91. The smallest absolute Gasteiger partial charge is 0.306 e. The molecule has 1 saturated heterocycles. The largest absolute Gasteiger partial charge is 0.326 e. The maximum absolute atomic E-state index is 13.1. The van der Waals surface area contributed by atoms with E-state index in [2.05, 4.69) is 10.6 Å². The summed E-state index contributed by atoms with van der Waals surface area (Å²) in [4.78, 5) is 21.3. The zero-order valence-electron chi connectivity index (χ0n) is 9.48. The molecule has 1 amide bonds. The zero-order chi connectivity index (χ0) is 13.1. The second kappa shape index (κ2) is 5.09. The van der Waals surface area contributed by atoms with Crippen molar-refractivity contribution in [1.82, 2.24) is 5.32 Å². The van der Waals surface area contributed by atoms with Crippen LogP contribution in [0.3, 0.4) is 0 Å². The van der Waals surface area contributed by atoms with Gasteiger partial charge >= 0.3 is 5.69 Å². The number of halogens is 1. The number of carbonyl (C=O) groups excluding carboxylic acids is 1. The predicted octanol–water partition coefficient (Wildman–Crippen LogP) is 1.28. The van der Waals surface area contributed by atoms with Gasteiger partial charge in [0, 0.05) is 18.2 Å². The molecule has 2 N–H and O–H groups in total. The van der Waals surface area contributed by atoms with Gasteiger partial charge in [-0.1, -0.05) is 0 Å². The van der Waals surface area contributed by atoms with Gasteiger partial charge in [0.2, 0.25) is 11.7 Å². The van der Waals surface area contributed by atoms with E-state index in [9.17, 15) is 19.3 Å². The lowest BCUT2D eigenvalue weighted by molar-refractivity contribution is -0.387. The molecular weight excluding hydrogens is 241 g/mol. The summed E-state index contributed by atoms with van der Waals surface area (Å²) < 4.78 is 13.1. The number of carbonyl (C=O) groups is 1. The van der Waals surface area contributed by atoms with Crippen LogP contribution in [0.1, 0.15) is 6.42 Å². The first-order valence-electron chi connectivity index (χ1n) is 5.51. The molecule has 96 valence electrons. The first-order valence-corrected chi connectivity index (χ1v) is 5.51. The average Bonchev–Trinajstić information content (AvgIpc) is 2.26. The van der Waals surface area contributed by atoms with E-state index in [4.69, 9.17) is 0 Å². The number of nitro groups is 1. The van der Waals surface area contributed by atoms with Crippen molar-refractivity contribution in [2.75, 3.05) is 18.4 Å². The highest BCUT2D eigenvalue weighted by atomic mass is 19.1. The number of hydrogen-bond donors (Lipinski definition) is 2. The van der Waals surface area contributed by atoms with Gasteiger partial charge in [0.25, 0.3) is 0 Å². The molecule has 1 heterocycles. The summed E-state index contributed by atoms with van der Waals surface area (Å²) in [5.74, 6) is -0.830. The molecule has 0 atom stereocenters. The van der Waals surface area contributed by atoms with Crippen molar-refractivity contribution in [3.8, 4) is 0 Å². The Morgan fingerprint density at radius 3 is 2.83 bits per heavy atom. The summed E-state index contributed by atoms with van der Waals surface area (Å²) in [7, 11) is 0. The average molecular weight is 253 g/mol. The third-order valence-electron chi connectivity index (χ3n) is 2.77. The zero-order valence-corrected chi connectivity index (χ0v) is 9.48. The van der Waals surface area contributed by atoms with Gasteiger partial charge < -0.3 is 10.6 Å². The van der Waals surface area contributed by atoms with Gasteiger partial charge in [0.15, 0.2) is 0 Å². The second-order valence-electron chi connectivity index (χ2n) is 4.20. The molecule has 1 aromatic carbocycles. The highest BCUT2D eigenvalue weighted by Crippen LogP contribution is 2.22. The van der Waals surface area contributed by atoms with E-state index in [0.29, 0.717) is 12.3 Å². The van der Waals surface area contributed by atoms with Gasteiger partial charge in [-0.2, -0.15) is 4.39 Å². The van der Waals surface area contributed by atoms with E-state index >= 15 is 0 Å². The number of nitro benzene ring substituents is 1. The van der Waals surface area contributed by atoms with Crippen LogP contribution in [0.25, 0.3) is 0 Å². The van der Waals surface area contributed by atoms with Crippen molar-refractivity contribution in [3.05, 3.63) is 34.1 Å². The van der Waals surface area contributed by atoms with Crippen LogP contribution in [0.4, 0.5) is 15.8 Å². The Hall–Kier alpha value is -2.02. The van der Waals surface area contributed by atoms with E-state index in [0.717, 1.165) is 25.2 Å². The normalized spacial score (nSPS) is 14.9. The van der Waals surface area contributed by atoms with Crippen molar-refractivity contribution in [2.45, 2.75) is 6.42 Å². The van der Waals surface area contributed by atoms with E-state index in [-0.39, 0.29) is 11.6 Å². The van der Waals surface area contributed by atoms with E-state index in [1.54, 1.807) is 0 Å². The molecule has 0 aliphatic carbocycles. The standard InChI is InChI=1S/C11H12FN3O3/c12-9-2-1-8(4-10(9)15(17)18)14-11(16)3-7-5-13-6-7/h1-2,4,7,13H,3,5-6H2,(H,14,16). The summed E-state index contributed by atoms with van der Waals surface area (Å²) in [6.07, 6.45) is 0.359. The molecule has 1 fully saturated rings. The lowest BCUT2D eigenvalue weighted by atomic mass is 9.99. The Morgan fingerprint density at radius 2 is 2.28 bits per heavy atom. The molecule has 0 saturated carbocycles. The molecular formula is C11H12FN3O3. The molecule has 0 radical (unpaired) electrons. The van der Waals surface area contributed by atoms with Crippen LogP contribution in [0.2, 0.25) is 0 Å². The molecule has 6 nitrogen and oxygen atoms in total. The lowest BCUT2D eigenvalue weighted by Crippen LogP contribution is -2.43. The fourth-order valence-corrected chi connectivity index (χ4v) is 1.70. The van der Waals surface area contributed by atoms with Gasteiger partial charge in [-0.25, -0.2) is 0 Å². The number of nitrogens with one attached hydrogen (secondary N) is 2. The Labute approximate surface area is 102 Å². The SMILES string of the molecule is O=C(CC1CNC1)Nc1ccc(F)c([N+](=O)[O-])c1. The van der Waals surface area contributed by atoms with Gasteiger partial charge in [0.05, 0.1) is 4.92 Å². The Kier molecular flexibility index (Phi) is 3.52. The maximum Gasteiger partial charge on any atom is 0.306 e. The van der Waals surface area contributed by atoms with Crippen LogP contribution < -0.4 is 10.6 Å². The van der Waals surface area contributed by atoms with Crippen LogP contribution in [0, 0.1) is 21.8 Å². The fraction of sp³-hybridized carbons (Fsp3) is 0.364. The summed E-state index contributed by atoms with van der Waals surface area (Å²) >= 11 is 0. The van der Waals surface area contributed by atoms with Crippen molar-refractivity contribution >= 4 is 17.3 Å². The molecule has 1 aliphatic rings. The summed E-state index contributed by atoms with van der Waals surface area (Å²) in [6.45, 7) is 1.61. The van der Waals surface area contributed by atoms with Crippen LogP contribution in [-0.4, -0.2) is 23.9 Å². The molecule has 0 unspecified atom stereocenters. The van der Waals surface area contributed by atoms with E-state index < -0.39 is 16.4 Å². The van der Waals surface area contributed by atoms with Gasteiger partial charge in [-0.15, -0.1) is 0 Å². The number of benzene rings is 1. The van der Waals surface area contributed by atoms with Crippen molar-refractivity contribution < 1.29 is 14.1 Å². The first-order chi connectivity index (χ1) is 8.56. The monoisotopic (exact) mass is 253 g/mol. The molecule has 1 aliphatic heterocycles. The minimum atomic E-state index is -0.916. The second-order valence-corrected chi connectivity index (χ2v) is 4.20. The molecule has 2 rings (SSSR count). The third kappa shape index (κ3) is 2.80. The van der Waals surface area contributed by atoms with E-state index in [1.807, 2.05) is 0 Å². The Bertz CT molecular complexity index is 488. The number of rotatable bonds is 4. The molecule has 0 aromatic heterocycles. The lowest BCUT2D eigenvalue weighted by Gasteiger charge is -2.26. The third-order valence-corrected chi connectivity index (χ3v) is 2.77. The predicted molar refractivity (Wildman–Crippen MR) is 62.7 cm³/mol. The Balaban J connectivity index is 2.02. The summed E-state index contributed by atoms with van der Waals surface area (Å²) in [6, 6.07) is 3.30. The van der Waals surface area contributed by atoms with Crippen LogP contribution >= 0.6 is 0 Å². The van der Waals surface area contributed by atoms with Crippen molar-refractivity contribution in [1.29, 1.82) is 0 Å². The fourth-order valence-electron chi connectivity index (χ4n) is 1.70. The number of nitrogens with zero attached hydrogens (tertiary/aromatic N) is 1. The number of anilines is 1. The minimum Gasteiger partial charge on any atom is -0.326 e. The first kappa shape index (κ1) is 12.4. The minimum absolute atomic E-state index is 0.220. The topological polar surface area (TPSA) is 84.3 Å². The summed E-state index contributed by atoms with van der Waals surface area (Å²) in [5.41, 5.74) is -0.404. The molecule has 18 heavy (non-hydrogen) atoms. The molecule has 1 aromatic rings. The molecule has 7 heteroatoms. The van der Waals surface area contributed by atoms with Crippen molar-refractivity contribution in [2.24, 2.45) is 5.92 Å². The Morgan fingerprint density at radius 1 is 1.56 bits per heavy atom. The quantitative estimate of drug-likeness (QED) is 0.625. The number of amides is 1. The van der Waals surface area contributed by atoms with Gasteiger partial charge in [-0.3, -0.25) is 14.9 Å². The molecule has 0 spiro atoms. The van der Waals surface area contributed by atoms with Crippen LogP contribution in [0.15, 0.2) is 18.2 Å². The van der Waals surface area contributed by atoms with Gasteiger partial charge in [-0.05, 0) is 31.1 Å². The molecule has 0 bridgehead atoms. The van der Waals surface area contributed by atoms with Gasteiger partial charge in [0.1, 0.15) is 0 Å². The summed E-state index contributed by atoms with van der Waals surface area (Å²) in [5, 5.41) is 16.1. The number of hydrogen-bond acceptors (Lipinski definition) is 4. The maximum atomic E-state index is 13.1. The van der Waals surface area contributed by atoms with Crippen molar-refractivity contribution in [3.63, 3.8) is 0 Å². The van der Waals surface area contributed by atoms with E-state index in [1.165, 1.54) is 6.07 Å². The van der Waals surface area contributed by atoms with Crippen LogP contribution in [0.5, 0.6) is 0 Å². The van der Waals surface area contributed by atoms with Crippen LogP contribution in [-0.2, 0) is 4.79 Å². The highest BCUT2D eigenvalue weighted by Gasteiger charge is 2.21.